The number of halogens is 1. The summed E-state index contributed by atoms with van der Waals surface area (Å²) in [6, 6.07) is 8.06. The summed E-state index contributed by atoms with van der Waals surface area (Å²) in [5.74, 6) is 0.304. The zero-order valence-corrected chi connectivity index (χ0v) is 14.1. The van der Waals surface area contributed by atoms with E-state index in [1.165, 1.54) is 12.1 Å². The maximum atomic E-state index is 13.1. The summed E-state index contributed by atoms with van der Waals surface area (Å²) in [7, 11) is 3.76. The van der Waals surface area contributed by atoms with Crippen LogP contribution in [0, 0.1) is 12.7 Å². The number of aryl methyl sites for hydroxylation is 1. The monoisotopic (exact) mass is 328 g/mol. The highest BCUT2D eigenvalue weighted by molar-refractivity contribution is 5.91. The van der Waals surface area contributed by atoms with Gasteiger partial charge in [-0.2, -0.15) is 0 Å². The highest BCUT2D eigenvalue weighted by Gasteiger charge is 2.51. The van der Waals surface area contributed by atoms with Crippen LogP contribution in [0.25, 0.3) is 0 Å². The Bertz CT molecular complexity index is 754. The van der Waals surface area contributed by atoms with E-state index in [1.54, 1.807) is 12.1 Å². The molecule has 1 heterocycles. The van der Waals surface area contributed by atoms with Crippen molar-refractivity contribution in [1.82, 2.24) is 15.3 Å². The average molecular weight is 328 g/mol. The second kappa shape index (κ2) is 6.19. The van der Waals surface area contributed by atoms with E-state index in [9.17, 15) is 9.18 Å². The molecule has 1 aromatic carbocycles. The number of amides is 1. The highest BCUT2D eigenvalue weighted by Crippen LogP contribution is 2.48. The third kappa shape index (κ3) is 3.22. The Morgan fingerprint density at radius 1 is 1.25 bits per heavy atom. The van der Waals surface area contributed by atoms with Crippen molar-refractivity contribution in [3.05, 3.63) is 53.1 Å². The third-order valence-electron chi connectivity index (χ3n) is 4.31. The molecule has 1 aliphatic rings. The fraction of sp³-hybridized carbons (Fsp3) is 0.389. The van der Waals surface area contributed by atoms with Crippen LogP contribution in [0.3, 0.4) is 0 Å². The summed E-state index contributed by atoms with van der Waals surface area (Å²) >= 11 is 0. The number of aromatic nitrogens is 2. The lowest BCUT2D eigenvalue weighted by molar-refractivity contribution is -0.123. The molecule has 6 heteroatoms. The lowest BCUT2D eigenvalue weighted by Gasteiger charge is -2.17. The second-order valence-corrected chi connectivity index (χ2v) is 6.47. The smallest absolute Gasteiger partial charge is 0.230 e. The summed E-state index contributed by atoms with van der Waals surface area (Å²) in [4.78, 5) is 23.2. The molecule has 1 aliphatic carbocycles. The molecule has 0 spiro atoms. The molecular weight excluding hydrogens is 307 g/mol. The fourth-order valence-electron chi connectivity index (χ4n) is 2.79. The van der Waals surface area contributed by atoms with E-state index in [0.29, 0.717) is 12.5 Å². The predicted molar refractivity (Wildman–Crippen MR) is 90.3 cm³/mol. The first kappa shape index (κ1) is 16.4. The molecule has 1 saturated carbocycles. The third-order valence-corrected chi connectivity index (χ3v) is 4.31. The number of nitrogens with one attached hydrogen (secondary N) is 1. The van der Waals surface area contributed by atoms with E-state index < -0.39 is 5.41 Å². The Balaban J connectivity index is 1.71. The largest absolute Gasteiger partial charge is 0.350 e. The summed E-state index contributed by atoms with van der Waals surface area (Å²) in [6.07, 6.45) is 1.58. The number of hydrogen-bond acceptors (Lipinski definition) is 4. The molecule has 2 aromatic rings. The normalized spacial score (nSPS) is 15.0. The lowest BCUT2D eigenvalue weighted by atomic mass is 9.95. The minimum absolute atomic E-state index is 0.0308. The van der Waals surface area contributed by atoms with Gasteiger partial charge in [0.15, 0.2) is 0 Å². The van der Waals surface area contributed by atoms with Gasteiger partial charge in [0.2, 0.25) is 11.9 Å². The molecule has 126 valence electrons. The zero-order chi connectivity index (χ0) is 17.3. The van der Waals surface area contributed by atoms with Gasteiger partial charge in [-0.3, -0.25) is 4.79 Å². The molecule has 0 atom stereocenters. The van der Waals surface area contributed by atoms with Gasteiger partial charge in [-0.15, -0.1) is 0 Å². The van der Waals surface area contributed by atoms with Crippen molar-refractivity contribution in [3.8, 4) is 0 Å². The number of carbonyl (C=O) groups is 1. The summed E-state index contributed by atoms with van der Waals surface area (Å²) in [6.45, 7) is 2.26. The molecule has 5 nitrogen and oxygen atoms in total. The predicted octanol–water partition coefficient (Wildman–Crippen LogP) is 2.34. The van der Waals surface area contributed by atoms with E-state index in [-0.39, 0.29) is 11.7 Å². The van der Waals surface area contributed by atoms with Crippen LogP contribution in [-0.2, 0) is 16.8 Å². The average Bonchev–Trinajstić information content (AvgIpc) is 3.34. The summed E-state index contributed by atoms with van der Waals surface area (Å²) in [5, 5.41) is 2.97. The van der Waals surface area contributed by atoms with E-state index in [1.807, 2.05) is 32.0 Å². The second-order valence-electron chi connectivity index (χ2n) is 6.47. The van der Waals surface area contributed by atoms with Crippen LogP contribution in [0.15, 0.2) is 30.3 Å². The number of rotatable bonds is 5. The Labute approximate surface area is 140 Å². The van der Waals surface area contributed by atoms with Crippen molar-refractivity contribution in [3.63, 3.8) is 0 Å². The molecular formula is C18H21FN4O. The number of carbonyl (C=O) groups excluding carboxylic acids is 1. The van der Waals surface area contributed by atoms with Gasteiger partial charge in [0, 0.05) is 19.8 Å². The maximum Gasteiger partial charge on any atom is 0.230 e. The molecule has 3 rings (SSSR count). The van der Waals surface area contributed by atoms with E-state index in [2.05, 4.69) is 15.3 Å². The van der Waals surface area contributed by atoms with Crippen LogP contribution >= 0.6 is 0 Å². The van der Waals surface area contributed by atoms with Crippen molar-refractivity contribution < 1.29 is 9.18 Å². The molecule has 0 bridgehead atoms. The Kier molecular flexibility index (Phi) is 4.22. The Hall–Kier alpha value is -2.50. The van der Waals surface area contributed by atoms with Gasteiger partial charge in [-0.1, -0.05) is 12.1 Å². The number of anilines is 1. The van der Waals surface area contributed by atoms with Crippen LogP contribution in [0.1, 0.15) is 29.8 Å². The molecule has 0 saturated heterocycles. The molecule has 0 radical (unpaired) electrons. The molecule has 24 heavy (non-hydrogen) atoms. The minimum atomic E-state index is -0.514. The molecule has 0 unspecified atom stereocenters. The standard InChI is InChI=1S/C18H21FN4O/c1-12-10-15(22-17(21-12)23(2)3)11-20-16(24)18(8-9-18)13-4-6-14(19)7-5-13/h4-7,10H,8-9,11H2,1-3H3,(H,20,24). The van der Waals surface area contributed by atoms with Crippen LogP contribution in [-0.4, -0.2) is 30.0 Å². The lowest BCUT2D eigenvalue weighted by Crippen LogP contribution is -2.34. The van der Waals surface area contributed by atoms with Gasteiger partial charge >= 0.3 is 0 Å². The molecule has 1 fully saturated rings. The quantitative estimate of drug-likeness (QED) is 0.915. The topological polar surface area (TPSA) is 58.1 Å². The van der Waals surface area contributed by atoms with Crippen molar-refractivity contribution in [2.75, 3.05) is 19.0 Å². The SMILES string of the molecule is Cc1cc(CNC(=O)C2(c3ccc(F)cc3)CC2)nc(N(C)C)n1. The first-order chi connectivity index (χ1) is 11.4. The molecule has 1 amide bonds. The summed E-state index contributed by atoms with van der Waals surface area (Å²) in [5.41, 5.74) is 1.99. The van der Waals surface area contributed by atoms with Gasteiger partial charge in [-0.25, -0.2) is 14.4 Å². The van der Waals surface area contributed by atoms with Gasteiger partial charge in [-0.05, 0) is 43.5 Å². The highest BCUT2D eigenvalue weighted by atomic mass is 19.1. The van der Waals surface area contributed by atoms with Crippen LogP contribution < -0.4 is 10.2 Å². The van der Waals surface area contributed by atoms with Gasteiger partial charge in [0.05, 0.1) is 17.7 Å². The van der Waals surface area contributed by atoms with Crippen LogP contribution in [0.2, 0.25) is 0 Å². The van der Waals surface area contributed by atoms with Crippen molar-refractivity contribution >= 4 is 11.9 Å². The van der Waals surface area contributed by atoms with Gasteiger partial charge < -0.3 is 10.2 Å². The van der Waals surface area contributed by atoms with Crippen LogP contribution in [0.4, 0.5) is 10.3 Å². The Morgan fingerprint density at radius 3 is 2.50 bits per heavy atom. The van der Waals surface area contributed by atoms with Gasteiger partial charge in [0.25, 0.3) is 0 Å². The first-order valence-electron chi connectivity index (χ1n) is 7.97. The summed E-state index contributed by atoms with van der Waals surface area (Å²) < 4.78 is 13.1. The number of benzene rings is 1. The van der Waals surface area contributed by atoms with Crippen molar-refractivity contribution in [2.45, 2.75) is 31.7 Å². The minimum Gasteiger partial charge on any atom is -0.350 e. The zero-order valence-electron chi connectivity index (χ0n) is 14.1. The van der Waals surface area contributed by atoms with E-state index in [0.717, 1.165) is 29.8 Å². The first-order valence-corrected chi connectivity index (χ1v) is 7.97. The molecule has 1 aromatic heterocycles. The fourth-order valence-corrected chi connectivity index (χ4v) is 2.79. The Morgan fingerprint density at radius 2 is 1.92 bits per heavy atom. The molecule has 0 aliphatic heterocycles. The van der Waals surface area contributed by atoms with Crippen molar-refractivity contribution in [2.24, 2.45) is 0 Å². The van der Waals surface area contributed by atoms with Gasteiger partial charge in [0.1, 0.15) is 5.82 Å². The van der Waals surface area contributed by atoms with E-state index in [4.69, 9.17) is 0 Å². The van der Waals surface area contributed by atoms with E-state index >= 15 is 0 Å². The number of nitrogens with zero attached hydrogens (tertiary/aromatic N) is 3. The number of hydrogen-bond donors (Lipinski definition) is 1. The molecule has 1 N–H and O–H groups in total. The van der Waals surface area contributed by atoms with Crippen molar-refractivity contribution in [1.29, 1.82) is 0 Å². The van der Waals surface area contributed by atoms with Crippen LogP contribution in [0.5, 0.6) is 0 Å². The maximum absolute atomic E-state index is 13.1.